The van der Waals surface area contributed by atoms with E-state index in [1.165, 1.54) is 18.2 Å². The third-order valence-electron chi connectivity index (χ3n) is 2.44. The molecular formula is C13H11ClFNO2. The van der Waals surface area contributed by atoms with Gasteiger partial charge in [-0.3, -0.25) is 0 Å². The van der Waals surface area contributed by atoms with Crippen LogP contribution in [0.5, 0.6) is 11.5 Å². The standard InChI is InChI=1S/C13H11ClFNO2/c14-9-4-10(15)6-11(5-9)16-7-8-2-1-3-12(17)13(8)18/h1-6,16-18H,7H2. The Kier molecular flexibility index (Phi) is 3.58. The fraction of sp³-hybridized carbons (Fsp3) is 0.0769. The summed E-state index contributed by atoms with van der Waals surface area (Å²) in [5.74, 6) is -0.816. The molecule has 0 aliphatic heterocycles. The summed E-state index contributed by atoms with van der Waals surface area (Å²) in [5.41, 5.74) is 1.01. The Morgan fingerprint density at radius 2 is 1.94 bits per heavy atom. The number of aromatic hydroxyl groups is 2. The molecule has 0 bridgehead atoms. The summed E-state index contributed by atoms with van der Waals surface area (Å²) in [6, 6.07) is 8.74. The average Bonchev–Trinajstić information content (AvgIpc) is 2.30. The lowest BCUT2D eigenvalue weighted by molar-refractivity contribution is 0.400. The van der Waals surface area contributed by atoms with Crippen molar-refractivity contribution in [3.05, 3.63) is 52.8 Å². The minimum absolute atomic E-state index is 0.188. The number of halogens is 2. The minimum atomic E-state index is -0.440. The van der Waals surface area contributed by atoms with Crippen LogP contribution in [0.25, 0.3) is 0 Å². The third kappa shape index (κ3) is 2.84. The lowest BCUT2D eigenvalue weighted by Crippen LogP contribution is -2.00. The smallest absolute Gasteiger partial charge is 0.162 e. The monoisotopic (exact) mass is 267 g/mol. The van der Waals surface area contributed by atoms with E-state index >= 15 is 0 Å². The Hall–Kier alpha value is -1.94. The van der Waals surface area contributed by atoms with Gasteiger partial charge in [0.25, 0.3) is 0 Å². The zero-order valence-electron chi connectivity index (χ0n) is 9.32. The molecule has 0 fully saturated rings. The zero-order chi connectivity index (χ0) is 13.1. The van der Waals surface area contributed by atoms with Gasteiger partial charge < -0.3 is 15.5 Å². The van der Waals surface area contributed by atoms with Crippen molar-refractivity contribution >= 4 is 17.3 Å². The molecule has 0 aliphatic rings. The second-order valence-electron chi connectivity index (χ2n) is 3.80. The Balaban J connectivity index is 2.14. The summed E-state index contributed by atoms with van der Waals surface area (Å²) >= 11 is 5.72. The molecule has 0 heterocycles. The number of anilines is 1. The lowest BCUT2D eigenvalue weighted by atomic mass is 10.2. The highest BCUT2D eigenvalue weighted by molar-refractivity contribution is 6.30. The number of benzene rings is 2. The second kappa shape index (κ2) is 5.14. The highest BCUT2D eigenvalue weighted by Crippen LogP contribution is 2.29. The predicted molar refractivity (Wildman–Crippen MR) is 68.5 cm³/mol. The first-order valence-corrected chi connectivity index (χ1v) is 5.64. The van der Waals surface area contributed by atoms with E-state index in [0.717, 1.165) is 0 Å². The molecule has 0 radical (unpaired) electrons. The summed E-state index contributed by atoms with van der Waals surface area (Å²) in [4.78, 5) is 0. The number of phenols is 2. The van der Waals surface area contributed by atoms with Gasteiger partial charge in [0.1, 0.15) is 5.82 Å². The summed E-state index contributed by atoms with van der Waals surface area (Å²) in [6.45, 7) is 0.250. The first kappa shape index (κ1) is 12.5. The first-order chi connectivity index (χ1) is 8.56. The molecule has 5 heteroatoms. The van der Waals surface area contributed by atoms with E-state index in [-0.39, 0.29) is 23.1 Å². The van der Waals surface area contributed by atoms with Crippen LogP contribution in [0.1, 0.15) is 5.56 Å². The van der Waals surface area contributed by atoms with Crippen LogP contribution in [-0.2, 0) is 6.54 Å². The predicted octanol–water partition coefficient (Wildman–Crippen LogP) is 3.50. The van der Waals surface area contributed by atoms with Gasteiger partial charge in [0.05, 0.1) is 0 Å². The Labute approximate surface area is 108 Å². The molecule has 0 saturated heterocycles. The van der Waals surface area contributed by atoms with Crippen LogP contribution in [0.3, 0.4) is 0 Å². The van der Waals surface area contributed by atoms with E-state index in [4.69, 9.17) is 11.6 Å². The average molecular weight is 268 g/mol. The third-order valence-corrected chi connectivity index (χ3v) is 2.66. The molecule has 2 aromatic rings. The fourth-order valence-electron chi connectivity index (χ4n) is 1.57. The molecule has 3 N–H and O–H groups in total. The molecule has 18 heavy (non-hydrogen) atoms. The van der Waals surface area contributed by atoms with E-state index < -0.39 is 5.82 Å². The molecule has 0 unspecified atom stereocenters. The van der Waals surface area contributed by atoms with Gasteiger partial charge in [0.15, 0.2) is 11.5 Å². The minimum Gasteiger partial charge on any atom is -0.504 e. The van der Waals surface area contributed by atoms with Gasteiger partial charge in [0.2, 0.25) is 0 Å². The molecule has 0 saturated carbocycles. The molecule has 2 rings (SSSR count). The normalized spacial score (nSPS) is 10.3. The Morgan fingerprint density at radius 1 is 1.17 bits per heavy atom. The van der Waals surface area contributed by atoms with Gasteiger partial charge in [-0.05, 0) is 24.3 Å². The number of para-hydroxylation sites is 1. The molecule has 0 aromatic heterocycles. The molecular weight excluding hydrogens is 257 g/mol. The maximum Gasteiger partial charge on any atom is 0.162 e. The number of nitrogens with one attached hydrogen (secondary N) is 1. The molecule has 94 valence electrons. The van der Waals surface area contributed by atoms with Gasteiger partial charge in [0, 0.05) is 22.8 Å². The molecule has 0 atom stereocenters. The van der Waals surface area contributed by atoms with Crippen molar-refractivity contribution in [1.82, 2.24) is 0 Å². The van der Waals surface area contributed by atoms with Crippen LogP contribution in [0.15, 0.2) is 36.4 Å². The van der Waals surface area contributed by atoms with Crippen LogP contribution in [0.4, 0.5) is 10.1 Å². The van der Waals surface area contributed by atoms with Crippen molar-refractivity contribution in [1.29, 1.82) is 0 Å². The van der Waals surface area contributed by atoms with Gasteiger partial charge >= 0.3 is 0 Å². The fourth-order valence-corrected chi connectivity index (χ4v) is 1.80. The number of rotatable bonds is 3. The van der Waals surface area contributed by atoms with E-state index in [2.05, 4.69) is 5.32 Å². The van der Waals surface area contributed by atoms with E-state index in [0.29, 0.717) is 11.3 Å². The summed E-state index contributed by atoms with van der Waals surface area (Å²) in [7, 11) is 0. The van der Waals surface area contributed by atoms with Gasteiger partial charge in [-0.25, -0.2) is 4.39 Å². The highest BCUT2D eigenvalue weighted by atomic mass is 35.5. The highest BCUT2D eigenvalue weighted by Gasteiger charge is 2.06. The molecule has 2 aromatic carbocycles. The van der Waals surface area contributed by atoms with Crippen LogP contribution in [0, 0.1) is 5.82 Å². The number of phenolic OH excluding ortho intramolecular Hbond substituents is 2. The number of hydrogen-bond acceptors (Lipinski definition) is 3. The van der Waals surface area contributed by atoms with Crippen molar-refractivity contribution in [3.8, 4) is 11.5 Å². The molecule has 3 nitrogen and oxygen atoms in total. The van der Waals surface area contributed by atoms with Gasteiger partial charge in [-0.1, -0.05) is 23.7 Å². The first-order valence-electron chi connectivity index (χ1n) is 5.26. The summed E-state index contributed by atoms with van der Waals surface area (Å²) < 4.78 is 13.1. The van der Waals surface area contributed by atoms with Gasteiger partial charge in [-0.2, -0.15) is 0 Å². The van der Waals surface area contributed by atoms with Crippen molar-refractivity contribution in [2.24, 2.45) is 0 Å². The molecule has 0 amide bonds. The van der Waals surface area contributed by atoms with Crippen molar-refractivity contribution in [2.75, 3.05) is 5.32 Å². The number of hydrogen-bond donors (Lipinski definition) is 3. The second-order valence-corrected chi connectivity index (χ2v) is 4.23. The van der Waals surface area contributed by atoms with Crippen LogP contribution in [0.2, 0.25) is 5.02 Å². The maximum absolute atomic E-state index is 13.1. The Bertz CT molecular complexity index is 555. The van der Waals surface area contributed by atoms with Crippen molar-refractivity contribution in [2.45, 2.75) is 6.54 Å². The van der Waals surface area contributed by atoms with Crippen LogP contribution >= 0.6 is 11.6 Å². The lowest BCUT2D eigenvalue weighted by Gasteiger charge is -2.09. The van der Waals surface area contributed by atoms with E-state index in [1.807, 2.05) is 0 Å². The quantitative estimate of drug-likeness (QED) is 0.746. The molecule has 0 aliphatic carbocycles. The van der Waals surface area contributed by atoms with Crippen LogP contribution in [-0.4, -0.2) is 10.2 Å². The molecule has 0 spiro atoms. The van der Waals surface area contributed by atoms with Crippen molar-refractivity contribution in [3.63, 3.8) is 0 Å². The van der Waals surface area contributed by atoms with Crippen LogP contribution < -0.4 is 5.32 Å². The van der Waals surface area contributed by atoms with E-state index in [1.54, 1.807) is 18.2 Å². The zero-order valence-corrected chi connectivity index (χ0v) is 10.1. The van der Waals surface area contributed by atoms with Crippen molar-refractivity contribution < 1.29 is 14.6 Å². The van der Waals surface area contributed by atoms with Gasteiger partial charge in [-0.15, -0.1) is 0 Å². The summed E-state index contributed by atoms with van der Waals surface area (Å²) in [5, 5.41) is 22.1. The largest absolute Gasteiger partial charge is 0.504 e. The van der Waals surface area contributed by atoms with E-state index in [9.17, 15) is 14.6 Å². The summed E-state index contributed by atoms with van der Waals surface area (Å²) in [6.07, 6.45) is 0. The topological polar surface area (TPSA) is 52.5 Å². The Morgan fingerprint density at radius 3 is 2.67 bits per heavy atom. The SMILES string of the molecule is Oc1cccc(CNc2cc(F)cc(Cl)c2)c1O. The maximum atomic E-state index is 13.1.